The Bertz CT molecular complexity index is 2990. The number of benzene rings is 7. The van der Waals surface area contributed by atoms with Crippen LogP contribution in [-0.2, 0) is 0 Å². The first-order valence-electron chi connectivity index (χ1n) is 17.5. The van der Waals surface area contributed by atoms with Gasteiger partial charge in [0.25, 0.3) is 11.8 Å². The number of rotatable bonds is 5. The van der Waals surface area contributed by atoms with Crippen LogP contribution in [0.25, 0.3) is 70.6 Å². The Morgan fingerprint density at radius 3 is 1.55 bits per heavy atom. The average molecular weight is 717 g/mol. The van der Waals surface area contributed by atoms with Crippen LogP contribution in [0.1, 0.15) is 31.8 Å². The van der Waals surface area contributed by atoms with Gasteiger partial charge in [0.15, 0.2) is 11.4 Å². The van der Waals surface area contributed by atoms with Crippen molar-refractivity contribution in [1.82, 2.24) is 4.57 Å². The zero-order chi connectivity index (χ0) is 38.5. The fourth-order valence-electron chi connectivity index (χ4n) is 7.84. The monoisotopic (exact) mass is 716 g/mol. The first kappa shape index (κ1) is 33.3. The fourth-order valence-corrected chi connectivity index (χ4v) is 7.84. The molecule has 1 aliphatic heterocycles. The molecule has 258 valence electrons. The lowest BCUT2D eigenvalue weighted by atomic mass is 9.93. The van der Waals surface area contributed by atoms with Crippen LogP contribution in [0.5, 0.6) is 0 Å². The van der Waals surface area contributed by atoms with Gasteiger partial charge in [0.05, 0.1) is 58.8 Å². The molecule has 0 saturated carbocycles. The molecule has 0 N–H and O–H groups in total. The van der Waals surface area contributed by atoms with Crippen molar-refractivity contribution in [2.75, 3.05) is 4.90 Å². The molecule has 0 saturated heterocycles. The lowest BCUT2D eigenvalue weighted by molar-refractivity contribution is 0.0926. The number of amides is 2. The third kappa shape index (κ3) is 5.12. The molecule has 9 rings (SSSR count). The van der Waals surface area contributed by atoms with Gasteiger partial charge in [-0.2, -0.15) is 10.5 Å². The zero-order valence-corrected chi connectivity index (χ0v) is 29.4. The second-order valence-corrected chi connectivity index (χ2v) is 13.2. The Kier molecular flexibility index (Phi) is 7.81. The highest BCUT2D eigenvalue weighted by molar-refractivity contribution is 6.36. The molecule has 0 fully saturated rings. The first-order chi connectivity index (χ1) is 27.4. The maximum absolute atomic E-state index is 14.8. The van der Waals surface area contributed by atoms with E-state index in [2.05, 4.69) is 21.8 Å². The molecule has 0 bridgehead atoms. The quantitative estimate of drug-likeness (QED) is 0.131. The maximum atomic E-state index is 14.8. The first-order valence-corrected chi connectivity index (χ1v) is 17.5. The van der Waals surface area contributed by atoms with E-state index in [1.165, 1.54) is 4.90 Å². The summed E-state index contributed by atoms with van der Waals surface area (Å²) in [6, 6.07) is 48.2. The standard InChI is InChI=1S/C48H24N6O2/c1-51-34-23-29(27-49)21-32(25-34)37-14-8-18-41-44(37)45-38(33-22-30(28-50)24-35(26-33)52-2)15-9-19-42(45)53(41)43-20-10-16-39-46(43)48(56)54(47(39)55)40-17-7-6-13-36(40)31-11-4-3-5-12-31/h3-26H. The summed E-state index contributed by atoms with van der Waals surface area (Å²) in [6.45, 7) is 15.5. The summed E-state index contributed by atoms with van der Waals surface area (Å²) in [5.41, 5.74) is 8.55. The molecule has 8 heteroatoms. The van der Waals surface area contributed by atoms with Crippen LogP contribution in [-0.4, -0.2) is 16.4 Å². The van der Waals surface area contributed by atoms with Gasteiger partial charge in [-0.05, 0) is 94.5 Å². The van der Waals surface area contributed by atoms with Gasteiger partial charge in [-0.3, -0.25) is 9.59 Å². The Morgan fingerprint density at radius 1 is 0.482 bits per heavy atom. The second-order valence-electron chi connectivity index (χ2n) is 13.2. The van der Waals surface area contributed by atoms with E-state index < -0.39 is 11.8 Å². The molecular formula is C48H24N6O2. The number of nitriles is 2. The van der Waals surface area contributed by atoms with E-state index in [0.29, 0.717) is 56.0 Å². The van der Waals surface area contributed by atoms with Gasteiger partial charge in [0.2, 0.25) is 0 Å². The second kappa shape index (κ2) is 13.1. The number of aromatic nitrogens is 1. The molecule has 0 atom stereocenters. The Labute approximate surface area is 321 Å². The summed E-state index contributed by atoms with van der Waals surface area (Å²) >= 11 is 0. The predicted molar refractivity (Wildman–Crippen MR) is 217 cm³/mol. The molecule has 7 aromatic carbocycles. The maximum Gasteiger partial charge on any atom is 0.268 e. The van der Waals surface area contributed by atoms with Gasteiger partial charge in [0.1, 0.15) is 0 Å². The number of hydrogen-bond donors (Lipinski definition) is 0. The van der Waals surface area contributed by atoms with Gasteiger partial charge in [-0.15, -0.1) is 0 Å². The summed E-state index contributed by atoms with van der Waals surface area (Å²) in [4.78, 5) is 37.7. The molecule has 0 aliphatic carbocycles. The summed E-state index contributed by atoms with van der Waals surface area (Å²) in [7, 11) is 0. The smallest absolute Gasteiger partial charge is 0.268 e. The van der Waals surface area contributed by atoms with E-state index in [1.807, 2.05) is 95.6 Å². The molecule has 8 nitrogen and oxygen atoms in total. The number of anilines is 1. The van der Waals surface area contributed by atoms with Crippen molar-refractivity contribution in [3.05, 3.63) is 191 Å². The number of imide groups is 1. The lowest BCUT2D eigenvalue weighted by Gasteiger charge is -2.18. The van der Waals surface area contributed by atoms with Crippen molar-refractivity contribution >= 4 is 50.7 Å². The molecule has 0 unspecified atom stereocenters. The van der Waals surface area contributed by atoms with E-state index >= 15 is 0 Å². The Morgan fingerprint density at radius 2 is 0.982 bits per heavy atom. The number of para-hydroxylation sites is 1. The van der Waals surface area contributed by atoms with Gasteiger partial charge in [0, 0.05) is 27.5 Å². The SMILES string of the molecule is [C-]#[N+]c1cc(C#N)cc(-c2cccc3c2c2c(-c4cc(C#N)cc([N+]#[C-])c4)cccc2n3-c2cccc3c2C(=O)N(c2ccccc2-c2ccccc2)C3=O)c1. The summed E-state index contributed by atoms with van der Waals surface area (Å²) < 4.78 is 1.97. The van der Waals surface area contributed by atoms with Gasteiger partial charge in [-0.25, -0.2) is 14.6 Å². The van der Waals surface area contributed by atoms with E-state index in [9.17, 15) is 20.1 Å². The summed E-state index contributed by atoms with van der Waals surface area (Å²) in [6.07, 6.45) is 0. The zero-order valence-electron chi connectivity index (χ0n) is 29.4. The molecule has 2 amide bonds. The van der Waals surface area contributed by atoms with Crippen LogP contribution in [0.3, 0.4) is 0 Å². The number of fused-ring (bicyclic) bond motifs is 4. The molecule has 2 heterocycles. The van der Waals surface area contributed by atoms with Crippen molar-refractivity contribution in [2.45, 2.75) is 0 Å². The highest BCUT2D eigenvalue weighted by atomic mass is 16.2. The van der Waals surface area contributed by atoms with Gasteiger partial charge >= 0.3 is 0 Å². The normalized spacial score (nSPS) is 11.9. The van der Waals surface area contributed by atoms with Crippen LogP contribution in [0.15, 0.2) is 146 Å². The summed E-state index contributed by atoms with van der Waals surface area (Å²) in [5, 5.41) is 21.3. The van der Waals surface area contributed by atoms with Gasteiger partial charge in [-0.1, -0.05) is 78.9 Å². The number of carbonyl (C=O) groups is 2. The topological polar surface area (TPSA) is 98.6 Å². The third-order valence-corrected chi connectivity index (χ3v) is 10.2. The molecule has 0 radical (unpaired) electrons. The van der Waals surface area contributed by atoms with E-state index in [-0.39, 0.29) is 11.1 Å². The molecule has 8 aromatic rings. The number of nitrogens with zero attached hydrogens (tertiary/aromatic N) is 6. The van der Waals surface area contributed by atoms with Crippen molar-refractivity contribution in [1.29, 1.82) is 10.5 Å². The molecule has 1 aromatic heterocycles. The number of hydrogen-bond acceptors (Lipinski definition) is 4. The minimum Gasteiger partial charge on any atom is -0.308 e. The van der Waals surface area contributed by atoms with Gasteiger partial charge < -0.3 is 4.57 Å². The van der Waals surface area contributed by atoms with E-state index in [4.69, 9.17) is 13.1 Å². The van der Waals surface area contributed by atoms with Crippen molar-refractivity contribution in [3.8, 4) is 51.2 Å². The van der Waals surface area contributed by atoms with Crippen LogP contribution >= 0.6 is 0 Å². The lowest BCUT2D eigenvalue weighted by Crippen LogP contribution is -2.30. The van der Waals surface area contributed by atoms with Crippen LogP contribution < -0.4 is 4.90 Å². The molecular weight excluding hydrogens is 693 g/mol. The Balaban J connectivity index is 1.36. The molecule has 0 spiro atoms. The highest BCUT2D eigenvalue weighted by Gasteiger charge is 2.40. The van der Waals surface area contributed by atoms with Crippen LogP contribution in [0.2, 0.25) is 0 Å². The van der Waals surface area contributed by atoms with E-state index in [0.717, 1.165) is 33.0 Å². The minimum atomic E-state index is -0.460. The van der Waals surface area contributed by atoms with Crippen LogP contribution in [0.4, 0.5) is 17.1 Å². The van der Waals surface area contributed by atoms with Crippen molar-refractivity contribution in [2.24, 2.45) is 0 Å². The highest BCUT2D eigenvalue weighted by Crippen LogP contribution is 2.46. The average Bonchev–Trinajstić information content (AvgIpc) is 3.73. The van der Waals surface area contributed by atoms with Crippen molar-refractivity contribution in [3.63, 3.8) is 0 Å². The minimum absolute atomic E-state index is 0.249. The summed E-state index contributed by atoms with van der Waals surface area (Å²) in [5.74, 6) is -0.893. The predicted octanol–water partition coefficient (Wildman–Crippen LogP) is 11.4. The Hall–Kier alpha value is -8.56. The number of carbonyl (C=O) groups excluding carboxylic acids is 2. The molecule has 1 aliphatic rings. The molecule has 56 heavy (non-hydrogen) atoms. The van der Waals surface area contributed by atoms with Crippen LogP contribution in [0, 0.1) is 35.8 Å². The van der Waals surface area contributed by atoms with Crippen molar-refractivity contribution < 1.29 is 9.59 Å². The largest absolute Gasteiger partial charge is 0.308 e. The fraction of sp³-hybridized carbons (Fsp3) is 0. The van der Waals surface area contributed by atoms with E-state index in [1.54, 1.807) is 54.6 Å². The third-order valence-electron chi connectivity index (χ3n) is 10.2.